The molecule has 4 N–H and O–H groups in total. The highest BCUT2D eigenvalue weighted by Crippen LogP contribution is 2.28. The van der Waals surface area contributed by atoms with Crippen molar-refractivity contribution in [3.05, 3.63) is 28.8 Å². The molecule has 1 fully saturated rings. The van der Waals surface area contributed by atoms with E-state index in [4.69, 9.17) is 29.6 Å². The molecule has 0 aliphatic carbocycles. The Kier molecular flexibility index (Phi) is 7.55. The molecule has 7 heteroatoms. The standard InChI is InChI=1S/C17H28ClN5S/c1-3-14(4-2)22-7-9-23(10-8-22)16-6-5-13(11-15(16)18)12-20-21-17(19)24/h5-6,11,14,20H,3-4,7-10,12H2,1-2H3,(H3,19,21,24). The molecule has 0 bridgehead atoms. The third-order valence-electron chi connectivity index (χ3n) is 4.63. The Morgan fingerprint density at radius 1 is 1.25 bits per heavy atom. The second-order valence-corrected chi connectivity index (χ2v) is 6.97. The lowest BCUT2D eigenvalue weighted by Crippen LogP contribution is -2.50. The zero-order valence-corrected chi connectivity index (χ0v) is 16.1. The van der Waals surface area contributed by atoms with Gasteiger partial charge < -0.3 is 10.6 Å². The topological polar surface area (TPSA) is 56.6 Å². The Morgan fingerprint density at radius 2 is 1.92 bits per heavy atom. The van der Waals surface area contributed by atoms with Gasteiger partial charge >= 0.3 is 0 Å². The molecule has 1 heterocycles. The molecule has 0 amide bonds. The number of nitrogens with two attached hydrogens (primary N) is 1. The van der Waals surface area contributed by atoms with Crippen LogP contribution in [-0.4, -0.2) is 42.2 Å². The van der Waals surface area contributed by atoms with Gasteiger partial charge in [0, 0.05) is 38.8 Å². The summed E-state index contributed by atoms with van der Waals surface area (Å²) in [6.07, 6.45) is 2.44. The molecule has 1 aromatic rings. The van der Waals surface area contributed by atoms with Gasteiger partial charge in [0.25, 0.3) is 0 Å². The summed E-state index contributed by atoms with van der Waals surface area (Å²) in [5, 5.41) is 1.02. The number of hydrogen-bond acceptors (Lipinski definition) is 4. The maximum Gasteiger partial charge on any atom is 0.178 e. The Morgan fingerprint density at radius 3 is 2.46 bits per heavy atom. The van der Waals surface area contributed by atoms with Crippen molar-refractivity contribution in [3.8, 4) is 0 Å². The monoisotopic (exact) mass is 369 g/mol. The summed E-state index contributed by atoms with van der Waals surface area (Å²) in [6.45, 7) is 9.41. The van der Waals surface area contributed by atoms with Gasteiger partial charge in [-0.25, -0.2) is 5.43 Å². The van der Waals surface area contributed by atoms with Gasteiger partial charge in [0.2, 0.25) is 0 Å². The van der Waals surface area contributed by atoms with Gasteiger partial charge in [0.1, 0.15) is 0 Å². The van der Waals surface area contributed by atoms with E-state index >= 15 is 0 Å². The van der Waals surface area contributed by atoms with Crippen molar-refractivity contribution >= 4 is 34.6 Å². The largest absolute Gasteiger partial charge is 0.375 e. The number of halogens is 1. The molecule has 24 heavy (non-hydrogen) atoms. The fraction of sp³-hybridized carbons (Fsp3) is 0.588. The third kappa shape index (κ3) is 5.21. The van der Waals surface area contributed by atoms with Crippen LogP contribution in [-0.2, 0) is 6.54 Å². The van der Waals surface area contributed by atoms with E-state index in [0.717, 1.165) is 42.5 Å². The first kappa shape index (κ1) is 19.2. The van der Waals surface area contributed by atoms with E-state index in [1.165, 1.54) is 12.8 Å². The second kappa shape index (κ2) is 9.42. The molecule has 0 unspecified atom stereocenters. The lowest BCUT2D eigenvalue weighted by molar-refractivity contribution is 0.175. The minimum Gasteiger partial charge on any atom is -0.375 e. The molecule has 0 aromatic heterocycles. The summed E-state index contributed by atoms with van der Waals surface area (Å²) < 4.78 is 0. The Balaban J connectivity index is 1.92. The molecule has 1 aliphatic rings. The molecule has 134 valence electrons. The number of benzene rings is 1. The summed E-state index contributed by atoms with van der Waals surface area (Å²) in [5.74, 6) is 0. The molecule has 2 rings (SSSR count). The van der Waals surface area contributed by atoms with Crippen LogP contribution >= 0.6 is 23.8 Å². The minimum absolute atomic E-state index is 0.230. The number of hydrazine groups is 1. The Bertz CT molecular complexity index is 542. The second-order valence-electron chi connectivity index (χ2n) is 6.12. The summed E-state index contributed by atoms with van der Waals surface area (Å²) in [6, 6.07) is 6.89. The fourth-order valence-corrected chi connectivity index (χ4v) is 3.68. The molecule has 0 spiro atoms. The molecular formula is C17H28ClN5S. The molecule has 0 radical (unpaired) electrons. The Labute approximate surface area is 155 Å². The van der Waals surface area contributed by atoms with Crippen LogP contribution in [0.5, 0.6) is 0 Å². The highest BCUT2D eigenvalue weighted by Gasteiger charge is 2.22. The molecule has 1 aromatic carbocycles. The van der Waals surface area contributed by atoms with Crippen LogP contribution < -0.4 is 21.5 Å². The van der Waals surface area contributed by atoms with E-state index in [1.54, 1.807) is 0 Å². The minimum atomic E-state index is 0.230. The highest BCUT2D eigenvalue weighted by atomic mass is 35.5. The van der Waals surface area contributed by atoms with Crippen LogP contribution in [0.25, 0.3) is 0 Å². The number of anilines is 1. The van der Waals surface area contributed by atoms with Crippen LogP contribution in [0, 0.1) is 0 Å². The Hall–Kier alpha value is -1.08. The van der Waals surface area contributed by atoms with Crippen LogP contribution in [0.4, 0.5) is 5.69 Å². The SMILES string of the molecule is CCC(CC)N1CCN(c2ccc(CNNC(N)=S)cc2Cl)CC1. The van der Waals surface area contributed by atoms with Crippen LogP contribution in [0.15, 0.2) is 18.2 Å². The molecular weight excluding hydrogens is 342 g/mol. The van der Waals surface area contributed by atoms with Crippen molar-refractivity contribution in [2.24, 2.45) is 5.73 Å². The van der Waals surface area contributed by atoms with Crippen molar-refractivity contribution in [1.82, 2.24) is 15.8 Å². The maximum atomic E-state index is 6.50. The summed E-state index contributed by atoms with van der Waals surface area (Å²) >= 11 is 11.3. The fourth-order valence-electron chi connectivity index (χ4n) is 3.28. The first-order valence-corrected chi connectivity index (χ1v) is 9.39. The number of nitrogens with one attached hydrogen (secondary N) is 2. The van der Waals surface area contributed by atoms with E-state index < -0.39 is 0 Å². The zero-order chi connectivity index (χ0) is 17.5. The quantitative estimate of drug-likeness (QED) is 0.507. The zero-order valence-electron chi connectivity index (χ0n) is 14.5. The smallest absolute Gasteiger partial charge is 0.178 e. The van der Waals surface area contributed by atoms with Gasteiger partial charge in [0.05, 0.1) is 10.7 Å². The average molecular weight is 370 g/mol. The predicted molar refractivity (Wildman–Crippen MR) is 106 cm³/mol. The van der Waals surface area contributed by atoms with Crippen molar-refractivity contribution in [2.75, 3.05) is 31.1 Å². The first-order valence-electron chi connectivity index (χ1n) is 8.60. The van der Waals surface area contributed by atoms with Crippen LogP contribution in [0.3, 0.4) is 0 Å². The van der Waals surface area contributed by atoms with Crippen LogP contribution in [0.1, 0.15) is 32.3 Å². The van der Waals surface area contributed by atoms with E-state index in [1.807, 2.05) is 6.07 Å². The normalized spacial score (nSPS) is 15.8. The van der Waals surface area contributed by atoms with Gasteiger partial charge in [-0.1, -0.05) is 31.5 Å². The maximum absolute atomic E-state index is 6.50. The number of hydrogen-bond donors (Lipinski definition) is 3. The van der Waals surface area contributed by atoms with Gasteiger partial charge in [-0.15, -0.1) is 0 Å². The molecule has 1 saturated heterocycles. The number of nitrogens with zero attached hydrogens (tertiary/aromatic N) is 2. The lowest BCUT2D eigenvalue weighted by atomic mass is 10.1. The molecule has 5 nitrogen and oxygen atoms in total. The van der Waals surface area contributed by atoms with E-state index in [2.05, 4.69) is 46.6 Å². The predicted octanol–water partition coefficient (Wildman–Crippen LogP) is 2.49. The number of piperazine rings is 1. The van der Waals surface area contributed by atoms with E-state index in [0.29, 0.717) is 12.6 Å². The third-order valence-corrected chi connectivity index (χ3v) is 5.03. The van der Waals surface area contributed by atoms with Crippen molar-refractivity contribution in [2.45, 2.75) is 39.3 Å². The first-order chi connectivity index (χ1) is 11.5. The van der Waals surface area contributed by atoms with Gasteiger partial charge in [0.15, 0.2) is 5.11 Å². The van der Waals surface area contributed by atoms with Crippen LogP contribution in [0.2, 0.25) is 5.02 Å². The van der Waals surface area contributed by atoms with Crippen molar-refractivity contribution in [3.63, 3.8) is 0 Å². The highest BCUT2D eigenvalue weighted by molar-refractivity contribution is 7.80. The van der Waals surface area contributed by atoms with Gasteiger partial charge in [-0.3, -0.25) is 10.3 Å². The molecule has 0 saturated carbocycles. The average Bonchev–Trinajstić information content (AvgIpc) is 2.57. The van der Waals surface area contributed by atoms with Crippen molar-refractivity contribution in [1.29, 1.82) is 0 Å². The molecule has 1 aliphatic heterocycles. The van der Waals surface area contributed by atoms with Gasteiger partial charge in [-0.05, 0) is 42.8 Å². The lowest BCUT2D eigenvalue weighted by Gasteiger charge is -2.40. The number of rotatable bonds is 7. The number of thiocarbonyl (C=S) groups is 1. The van der Waals surface area contributed by atoms with E-state index in [-0.39, 0.29) is 5.11 Å². The summed E-state index contributed by atoms with van der Waals surface area (Å²) in [7, 11) is 0. The van der Waals surface area contributed by atoms with Crippen molar-refractivity contribution < 1.29 is 0 Å². The van der Waals surface area contributed by atoms with E-state index in [9.17, 15) is 0 Å². The summed E-state index contributed by atoms with van der Waals surface area (Å²) in [4.78, 5) is 4.98. The summed E-state index contributed by atoms with van der Waals surface area (Å²) in [5.41, 5.74) is 13.3. The molecule has 0 atom stereocenters. The van der Waals surface area contributed by atoms with Gasteiger partial charge in [-0.2, -0.15) is 0 Å².